The van der Waals surface area contributed by atoms with E-state index in [4.69, 9.17) is 5.73 Å². The van der Waals surface area contributed by atoms with Crippen molar-refractivity contribution in [2.75, 3.05) is 18.4 Å². The maximum atomic E-state index is 11.6. The van der Waals surface area contributed by atoms with Crippen LogP contribution in [0, 0.1) is 12.8 Å². The molecule has 0 aliphatic carbocycles. The summed E-state index contributed by atoms with van der Waals surface area (Å²) in [6, 6.07) is 7.58. The molecule has 4 heteroatoms. The van der Waals surface area contributed by atoms with E-state index in [0.29, 0.717) is 19.0 Å². The van der Waals surface area contributed by atoms with Crippen LogP contribution >= 0.6 is 0 Å². The molecule has 1 aromatic carbocycles. The molecule has 0 fully saturated rings. The average Bonchev–Trinajstić information content (AvgIpc) is 2.37. The standard InChI is InChI=1S/C14H23N3O/c1-11-5-7-13(8-6-11)17-14(18)16-9-3-4-12(2)10-15/h5-8,12H,3-4,9-10,15H2,1-2H3,(H2,16,17,18). The number of aryl methyl sites for hydroxylation is 1. The van der Waals surface area contributed by atoms with Gasteiger partial charge in [0.05, 0.1) is 0 Å². The monoisotopic (exact) mass is 249 g/mol. The van der Waals surface area contributed by atoms with Crippen LogP contribution in [-0.2, 0) is 0 Å². The van der Waals surface area contributed by atoms with E-state index in [1.165, 1.54) is 5.56 Å². The van der Waals surface area contributed by atoms with E-state index in [1.54, 1.807) is 0 Å². The van der Waals surface area contributed by atoms with Crippen LogP contribution in [0.4, 0.5) is 10.5 Å². The van der Waals surface area contributed by atoms with E-state index in [0.717, 1.165) is 18.5 Å². The number of amides is 2. The molecule has 100 valence electrons. The summed E-state index contributed by atoms with van der Waals surface area (Å²) in [5.41, 5.74) is 7.52. The van der Waals surface area contributed by atoms with Crippen molar-refractivity contribution in [1.82, 2.24) is 5.32 Å². The highest BCUT2D eigenvalue weighted by Crippen LogP contribution is 2.08. The number of hydrogen-bond acceptors (Lipinski definition) is 2. The number of carbonyl (C=O) groups excluding carboxylic acids is 1. The maximum absolute atomic E-state index is 11.6. The average molecular weight is 249 g/mol. The van der Waals surface area contributed by atoms with Crippen molar-refractivity contribution in [3.8, 4) is 0 Å². The van der Waals surface area contributed by atoms with Crippen molar-refractivity contribution in [2.45, 2.75) is 26.7 Å². The van der Waals surface area contributed by atoms with Gasteiger partial charge in [-0.1, -0.05) is 24.6 Å². The number of benzene rings is 1. The molecule has 18 heavy (non-hydrogen) atoms. The molecule has 0 bridgehead atoms. The van der Waals surface area contributed by atoms with Crippen LogP contribution in [0.1, 0.15) is 25.3 Å². The van der Waals surface area contributed by atoms with Gasteiger partial charge in [-0.25, -0.2) is 4.79 Å². The highest BCUT2D eigenvalue weighted by Gasteiger charge is 2.02. The Kier molecular flexibility index (Phi) is 6.22. The number of anilines is 1. The molecule has 4 nitrogen and oxygen atoms in total. The molecule has 0 saturated heterocycles. The number of rotatable bonds is 6. The lowest BCUT2D eigenvalue weighted by atomic mass is 10.1. The molecule has 0 aliphatic rings. The molecule has 1 rings (SSSR count). The van der Waals surface area contributed by atoms with Crippen LogP contribution in [0.3, 0.4) is 0 Å². The van der Waals surface area contributed by atoms with Crippen molar-refractivity contribution in [2.24, 2.45) is 11.7 Å². The lowest BCUT2D eigenvalue weighted by molar-refractivity contribution is 0.251. The van der Waals surface area contributed by atoms with Crippen LogP contribution < -0.4 is 16.4 Å². The Bertz CT molecular complexity index is 362. The van der Waals surface area contributed by atoms with Crippen LogP contribution in [-0.4, -0.2) is 19.1 Å². The third-order valence-electron chi connectivity index (χ3n) is 2.87. The first-order valence-electron chi connectivity index (χ1n) is 6.43. The minimum absolute atomic E-state index is 0.153. The van der Waals surface area contributed by atoms with Gasteiger partial charge < -0.3 is 16.4 Å². The van der Waals surface area contributed by atoms with Crippen molar-refractivity contribution in [3.05, 3.63) is 29.8 Å². The highest BCUT2D eigenvalue weighted by molar-refractivity contribution is 5.89. The molecule has 0 aliphatic heterocycles. The fourth-order valence-electron chi connectivity index (χ4n) is 1.58. The van der Waals surface area contributed by atoms with Gasteiger partial charge in [-0.15, -0.1) is 0 Å². The molecule has 0 radical (unpaired) electrons. The molecule has 0 saturated carbocycles. The smallest absolute Gasteiger partial charge is 0.319 e. The van der Waals surface area contributed by atoms with E-state index < -0.39 is 0 Å². The zero-order chi connectivity index (χ0) is 13.4. The second-order valence-corrected chi connectivity index (χ2v) is 4.73. The fourth-order valence-corrected chi connectivity index (χ4v) is 1.58. The quantitative estimate of drug-likeness (QED) is 0.678. The molecule has 2 amide bonds. The zero-order valence-electron chi connectivity index (χ0n) is 11.2. The van der Waals surface area contributed by atoms with Gasteiger partial charge in [0, 0.05) is 12.2 Å². The summed E-state index contributed by atoms with van der Waals surface area (Å²) in [6.45, 7) is 5.52. The van der Waals surface area contributed by atoms with Crippen LogP contribution in [0.15, 0.2) is 24.3 Å². The number of hydrogen-bond donors (Lipinski definition) is 3. The number of urea groups is 1. The summed E-state index contributed by atoms with van der Waals surface area (Å²) >= 11 is 0. The maximum Gasteiger partial charge on any atom is 0.319 e. The summed E-state index contributed by atoms with van der Waals surface area (Å²) in [5, 5.41) is 5.63. The summed E-state index contributed by atoms with van der Waals surface area (Å²) < 4.78 is 0. The van der Waals surface area contributed by atoms with Gasteiger partial charge >= 0.3 is 6.03 Å². The van der Waals surface area contributed by atoms with Crippen molar-refractivity contribution < 1.29 is 4.79 Å². The van der Waals surface area contributed by atoms with E-state index in [2.05, 4.69) is 17.6 Å². The van der Waals surface area contributed by atoms with Crippen molar-refractivity contribution in [1.29, 1.82) is 0 Å². The van der Waals surface area contributed by atoms with Crippen molar-refractivity contribution >= 4 is 11.7 Å². The van der Waals surface area contributed by atoms with Gasteiger partial charge in [0.2, 0.25) is 0 Å². The molecule has 1 atom stereocenters. The Hall–Kier alpha value is -1.55. The number of nitrogens with one attached hydrogen (secondary N) is 2. The van der Waals surface area contributed by atoms with Crippen molar-refractivity contribution in [3.63, 3.8) is 0 Å². The van der Waals surface area contributed by atoms with Gasteiger partial charge in [-0.3, -0.25) is 0 Å². The zero-order valence-corrected chi connectivity index (χ0v) is 11.2. The van der Waals surface area contributed by atoms with Gasteiger partial charge in [0.1, 0.15) is 0 Å². The third-order valence-corrected chi connectivity index (χ3v) is 2.87. The normalized spacial score (nSPS) is 11.9. The Balaban J connectivity index is 2.19. The van der Waals surface area contributed by atoms with Crippen LogP contribution in [0.2, 0.25) is 0 Å². The first-order valence-corrected chi connectivity index (χ1v) is 6.43. The van der Waals surface area contributed by atoms with Gasteiger partial charge in [-0.2, -0.15) is 0 Å². The Morgan fingerprint density at radius 3 is 2.61 bits per heavy atom. The highest BCUT2D eigenvalue weighted by atomic mass is 16.2. The third kappa shape index (κ3) is 5.68. The lowest BCUT2D eigenvalue weighted by Gasteiger charge is -2.10. The molecule has 4 N–H and O–H groups in total. The molecule has 0 spiro atoms. The molecular formula is C14H23N3O. The second kappa shape index (κ2) is 7.71. The Labute approximate surface area is 109 Å². The molecule has 1 unspecified atom stereocenters. The molecule has 0 heterocycles. The van der Waals surface area contributed by atoms with Gasteiger partial charge in [0.15, 0.2) is 0 Å². The van der Waals surface area contributed by atoms with Crippen LogP contribution in [0.5, 0.6) is 0 Å². The predicted octanol–water partition coefficient (Wildman–Crippen LogP) is 2.49. The largest absolute Gasteiger partial charge is 0.338 e. The number of nitrogens with two attached hydrogens (primary N) is 1. The van der Waals surface area contributed by atoms with Crippen LogP contribution in [0.25, 0.3) is 0 Å². The van der Waals surface area contributed by atoms with E-state index in [1.807, 2.05) is 31.2 Å². The first kappa shape index (κ1) is 14.5. The fraction of sp³-hybridized carbons (Fsp3) is 0.500. The van der Waals surface area contributed by atoms with E-state index >= 15 is 0 Å². The SMILES string of the molecule is Cc1ccc(NC(=O)NCCCC(C)CN)cc1. The summed E-state index contributed by atoms with van der Waals surface area (Å²) in [6.07, 6.45) is 2.00. The van der Waals surface area contributed by atoms with E-state index in [9.17, 15) is 4.79 Å². The lowest BCUT2D eigenvalue weighted by Crippen LogP contribution is -2.29. The first-order chi connectivity index (χ1) is 8.61. The van der Waals surface area contributed by atoms with Gasteiger partial charge in [-0.05, 0) is 44.4 Å². The second-order valence-electron chi connectivity index (χ2n) is 4.73. The summed E-state index contributed by atoms with van der Waals surface area (Å²) in [4.78, 5) is 11.6. The summed E-state index contributed by atoms with van der Waals surface area (Å²) in [7, 11) is 0. The topological polar surface area (TPSA) is 67.2 Å². The summed E-state index contributed by atoms with van der Waals surface area (Å²) in [5.74, 6) is 0.520. The predicted molar refractivity (Wildman–Crippen MR) is 75.7 cm³/mol. The molecule has 1 aromatic rings. The Morgan fingerprint density at radius 1 is 1.33 bits per heavy atom. The number of carbonyl (C=O) groups is 1. The van der Waals surface area contributed by atoms with E-state index in [-0.39, 0.29) is 6.03 Å². The molecule has 0 aromatic heterocycles. The minimum Gasteiger partial charge on any atom is -0.338 e. The molecular weight excluding hydrogens is 226 g/mol. The minimum atomic E-state index is -0.153. The van der Waals surface area contributed by atoms with Gasteiger partial charge in [0.25, 0.3) is 0 Å². The Morgan fingerprint density at radius 2 is 2.00 bits per heavy atom.